The number of ether oxygens (including phenoxy) is 1. The first-order valence-electron chi connectivity index (χ1n) is 6.54. The maximum absolute atomic E-state index is 12.0. The molecule has 1 saturated carbocycles. The van der Waals surface area contributed by atoms with Gasteiger partial charge in [0.15, 0.2) is 0 Å². The van der Waals surface area contributed by atoms with Gasteiger partial charge in [-0.2, -0.15) is 0 Å². The highest BCUT2D eigenvalue weighted by atomic mass is 16.5. The predicted octanol–water partition coefficient (Wildman–Crippen LogP) is -0.391. The minimum atomic E-state index is -0.314. The van der Waals surface area contributed by atoms with Gasteiger partial charge in [-0.25, -0.2) is 0 Å². The first-order valence-corrected chi connectivity index (χ1v) is 6.54. The van der Waals surface area contributed by atoms with E-state index < -0.39 is 0 Å². The molecule has 3 rings (SSSR count). The average Bonchev–Trinajstić information content (AvgIpc) is 2.44. The van der Waals surface area contributed by atoms with E-state index in [2.05, 4.69) is 10.3 Å². The van der Waals surface area contributed by atoms with Crippen LogP contribution in [0.25, 0.3) is 0 Å². The maximum Gasteiger partial charge on any atom is 0.268 e. The van der Waals surface area contributed by atoms with Crippen LogP contribution in [-0.2, 0) is 4.74 Å². The van der Waals surface area contributed by atoms with Crippen LogP contribution in [0.2, 0.25) is 0 Å². The zero-order valence-corrected chi connectivity index (χ0v) is 10.5. The first kappa shape index (κ1) is 12.4. The molecule has 6 nitrogen and oxygen atoms in total. The molecule has 0 bridgehead atoms. The fourth-order valence-electron chi connectivity index (χ4n) is 2.94. The minimum absolute atomic E-state index is 0.0168. The molecule has 0 spiro atoms. The monoisotopic (exact) mass is 263 g/mol. The van der Waals surface area contributed by atoms with Crippen molar-refractivity contribution < 1.29 is 9.53 Å². The number of pyridine rings is 1. The molecule has 0 radical (unpaired) electrons. The van der Waals surface area contributed by atoms with Crippen LogP contribution < -0.4 is 16.6 Å². The van der Waals surface area contributed by atoms with Crippen LogP contribution in [0.15, 0.2) is 23.0 Å². The lowest BCUT2D eigenvalue weighted by Gasteiger charge is -2.52. The van der Waals surface area contributed by atoms with Gasteiger partial charge >= 0.3 is 0 Å². The number of carbonyl (C=O) groups is 1. The number of hydrogen-bond acceptors (Lipinski definition) is 4. The van der Waals surface area contributed by atoms with E-state index in [1.165, 1.54) is 6.07 Å². The van der Waals surface area contributed by atoms with E-state index in [1.54, 1.807) is 12.1 Å². The second-order valence-corrected chi connectivity index (χ2v) is 5.15. The van der Waals surface area contributed by atoms with E-state index in [1.807, 2.05) is 0 Å². The van der Waals surface area contributed by atoms with Crippen LogP contribution in [0, 0.1) is 5.92 Å². The van der Waals surface area contributed by atoms with Crippen molar-refractivity contribution in [2.24, 2.45) is 11.7 Å². The van der Waals surface area contributed by atoms with Crippen molar-refractivity contribution in [2.75, 3.05) is 6.61 Å². The van der Waals surface area contributed by atoms with Crippen LogP contribution in [0.4, 0.5) is 0 Å². The van der Waals surface area contributed by atoms with Crippen LogP contribution in [0.1, 0.15) is 23.3 Å². The largest absolute Gasteiger partial charge is 0.376 e. The van der Waals surface area contributed by atoms with Crippen LogP contribution >= 0.6 is 0 Å². The van der Waals surface area contributed by atoms with Crippen molar-refractivity contribution in [2.45, 2.75) is 31.0 Å². The number of aromatic amines is 1. The van der Waals surface area contributed by atoms with Gasteiger partial charge in [0.05, 0.1) is 12.1 Å². The van der Waals surface area contributed by atoms with Crippen molar-refractivity contribution >= 4 is 5.91 Å². The lowest BCUT2D eigenvalue weighted by Crippen LogP contribution is -2.72. The Balaban J connectivity index is 1.68. The second-order valence-electron chi connectivity index (χ2n) is 5.15. The minimum Gasteiger partial charge on any atom is -0.376 e. The van der Waals surface area contributed by atoms with E-state index in [0.29, 0.717) is 5.92 Å². The fourth-order valence-corrected chi connectivity index (χ4v) is 2.94. The topological polar surface area (TPSA) is 97.2 Å². The Kier molecular flexibility index (Phi) is 3.12. The molecule has 2 aliphatic rings. The molecular formula is C13H17N3O3. The molecule has 1 aliphatic carbocycles. The van der Waals surface area contributed by atoms with Gasteiger partial charge in [0, 0.05) is 24.6 Å². The number of rotatable bonds is 2. The lowest BCUT2D eigenvalue weighted by molar-refractivity contribution is -0.117. The Morgan fingerprint density at radius 1 is 1.47 bits per heavy atom. The number of H-pyrrole nitrogens is 1. The molecule has 1 aromatic rings. The molecule has 1 aromatic heterocycles. The maximum atomic E-state index is 12.0. The summed E-state index contributed by atoms with van der Waals surface area (Å²) in [6.45, 7) is 0.725. The number of amides is 1. The molecule has 4 N–H and O–H groups in total. The molecule has 1 amide bonds. The molecule has 2 heterocycles. The zero-order chi connectivity index (χ0) is 13.4. The van der Waals surface area contributed by atoms with Crippen LogP contribution in [-0.4, -0.2) is 35.7 Å². The third kappa shape index (κ3) is 2.17. The fraction of sp³-hybridized carbons (Fsp3) is 0.538. The van der Waals surface area contributed by atoms with E-state index in [-0.39, 0.29) is 35.3 Å². The molecule has 1 saturated heterocycles. The predicted molar refractivity (Wildman–Crippen MR) is 68.8 cm³/mol. The van der Waals surface area contributed by atoms with Crippen molar-refractivity contribution in [3.8, 4) is 0 Å². The zero-order valence-electron chi connectivity index (χ0n) is 10.5. The van der Waals surface area contributed by atoms with Gasteiger partial charge in [-0.15, -0.1) is 0 Å². The van der Waals surface area contributed by atoms with Crippen LogP contribution in [0.3, 0.4) is 0 Å². The Morgan fingerprint density at radius 2 is 2.32 bits per heavy atom. The smallest absolute Gasteiger partial charge is 0.268 e. The quantitative estimate of drug-likeness (QED) is 0.677. The normalized spacial score (nSPS) is 33.1. The number of hydrogen-bond donors (Lipinski definition) is 3. The average molecular weight is 263 g/mol. The van der Waals surface area contributed by atoms with E-state index in [9.17, 15) is 9.59 Å². The van der Waals surface area contributed by atoms with Gasteiger partial charge < -0.3 is 20.8 Å². The number of aromatic nitrogens is 1. The van der Waals surface area contributed by atoms with Gasteiger partial charge in [0.2, 0.25) is 5.56 Å². The third-order valence-corrected chi connectivity index (χ3v) is 3.99. The summed E-state index contributed by atoms with van der Waals surface area (Å²) in [4.78, 5) is 25.7. The summed E-state index contributed by atoms with van der Waals surface area (Å²) < 4.78 is 5.65. The van der Waals surface area contributed by atoms with Gasteiger partial charge in [-0.05, 0) is 18.9 Å². The highest BCUT2D eigenvalue weighted by Gasteiger charge is 2.51. The van der Waals surface area contributed by atoms with E-state index in [4.69, 9.17) is 10.5 Å². The molecule has 4 unspecified atom stereocenters. The molecule has 1 aliphatic heterocycles. The van der Waals surface area contributed by atoms with Crippen LogP contribution in [0.5, 0.6) is 0 Å². The number of nitrogens with two attached hydrogens (primary N) is 1. The lowest BCUT2D eigenvalue weighted by atomic mass is 9.68. The van der Waals surface area contributed by atoms with Crippen molar-refractivity contribution in [3.63, 3.8) is 0 Å². The molecule has 0 aromatic carbocycles. The molecule has 2 fully saturated rings. The Morgan fingerprint density at radius 3 is 3.11 bits per heavy atom. The molecule has 19 heavy (non-hydrogen) atoms. The summed E-state index contributed by atoms with van der Waals surface area (Å²) in [5.74, 6) is 0.0274. The van der Waals surface area contributed by atoms with Gasteiger partial charge in [0.1, 0.15) is 5.69 Å². The van der Waals surface area contributed by atoms with Crippen molar-refractivity contribution in [1.82, 2.24) is 10.3 Å². The molecule has 102 valence electrons. The van der Waals surface area contributed by atoms with Gasteiger partial charge in [0.25, 0.3) is 5.91 Å². The highest BCUT2D eigenvalue weighted by Crippen LogP contribution is 2.36. The number of nitrogens with one attached hydrogen (secondary N) is 2. The second kappa shape index (κ2) is 4.79. The SMILES string of the molecule is NC1C2CCCOC2C1NC(=O)c1cccc(=O)[nH]1. The van der Waals surface area contributed by atoms with Gasteiger partial charge in [-0.1, -0.05) is 6.07 Å². The summed E-state index contributed by atoms with van der Waals surface area (Å²) in [7, 11) is 0. The third-order valence-electron chi connectivity index (χ3n) is 3.99. The summed E-state index contributed by atoms with van der Waals surface area (Å²) in [5.41, 5.74) is 6.02. The van der Waals surface area contributed by atoms with Crippen molar-refractivity contribution in [1.29, 1.82) is 0 Å². The summed E-state index contributed by atoms with van der Waals surface area (Å²) in [5, 5.41) is 2.85. The molecule has 6 heteroatoms. The Hall–Kier alpha value is -1.66. The van der Waals surface area contributed by atoms with E-state index in [0.717, 1.165) is 19.4 Å². The highest BCUT2D eigenvalue weighted by molar-refractivity contribution is 5.92. The first-order chi connectivity index (χ1) is 9.16. The molecule has 4 atom stereocenters. The number of fused-ring (bicyclic) bond motifs is 1. The summed E-state index contributed by atoms with van der Waals surface area (Å²) in [6, 6.07) is 4.26. The standard InChI is InChI=1S/C13H17N3O3/c14-10-7-3-2-6-19-12(7)11(10)16-13(18)8-4-1-5-9(17)15-8/h1,4-5,7,10-12H,2-3,6,14H2,(H,15,17)(H,16,18). The van der Waals surface area contributed by atoms with Gasteiger partial charge in [-0.3, -0.25) is 9.59 Å². The van der Waals surface area contributed by atoms with Crippen molar-refractivity contribution in [3.05, 3.63) is 34.2 Å². The summed E-state index contributed by atoms with van der Waals surface area (Å²) >= 11 is 0. The number of carbonyl (C=O) groups excluding carboxylic acids is 1. The van der Waals surface area contributed by atoms with E-state index >= 15 is 0 Å². The summed E-state index contributed by atoms with van der Waals surface area (Å²) in [6.07, 6.45) is 2.10. The molecular weight excluding hydrogens is 246 g/mol. The Bertz CT molecular complexity index is 542. The Labute approximate surface area is 110 Å².